The molecule has 12 heteroatoms. The molecule has 0 N–H and O–H groups in total. The van der Waals surface area contributed by atoms with E-state index in [2.05, 4.69) is 216 Å². The first kappa shape index (κ1) is 36.6. The lowest BCUT2D eigenvalue weighted by atomic mass is 9.86. The van der Waals surface area contributed by atoms with Crippen LogP contribution in [-0.2, 0) is 0 Å². The Labute approximate surface area is 330 Å². The minimum Gasteiger partial charge on any atom is -0.491 e. The highest BCUT2D eigenvalue weighted by molar-refractivity contribution is 9.13. The van der Waals surface area contributed by atoms with Gasteiger partial charge in [0, 0.05) is 55.0 Å². The van der Waals surface area contributed by atoms with Crippen LogP contribution in [0.2, 0.25) is 0 Å². The Hall–Kier alpha value is 1.80. The Morgan fingerprint density at radius 3 is 1.19 bits per heavy atom. The quantitative estimate of drug-likeness (QED) is 0.147. The molecule has 0 aromatic heterocycles. The number of hydrogen-bond donors (Lipinski definition) is 0. The van der Waals surface area contributed by atoms with Crippen molar-refractivity contribution >= 4 is 181 Å². The molecule has 0 radical (unpaired) electrons. The lowest BCUT2D eigenvalue weighted by Crippen LogP contribution is -2.19. The van der Waals surface area contributed by atoms with Crippen molar-refractivity contribution in [3.05, 3.63) is 74.4 Å². The van der Waals surface area contributed by atoms with Crippen LogP contribution in [0.15, 0.2) is 63.2 Å². The van der Waals surface area contributed by atoms with Gasteiger partial charge in [0.2, 0.25) is 0 Å². The third-order valence-electron chi connectivity index (χ3n) is 6.95. The number of fused-ring (bicyclic) bond motifs is 2. The van der Waals surface area contributed by atoms with Crippen LogP contribution in [0.5, 0.6) is 11.5 Å². The number of rotatable bonds is 10. The molecule has 4 aromatic rings. The molecule has 4 unspecified atom stereocenters. The van der Waals surface area contributed by atoms with Crippen LogP contribution >= 0.6 is 159 Å². The highest BCUT2D eigenvalue weighted by atomic mass is 79.9. The zero-order chi connectivity index (χ0) is 31.0. The molecule has 0 spiro atoms. The maximum Gasteiger partial charge on any atom is 0.142 e. The van der Waals surface area contributed by atoms with Gasteiger partial charge in [-0.3, -0.25) is 0 Å². The number of alkyl halides is 4. The second-order valence-electron chi connectivity index (χ2n) is 9.84. The van der Waals surface area contributed by atoms with Crippen molar-refractivity contribution in [2.45, 2.75) is 46.0 Å². The van der Waals surface area contributed by atoms with Gasteiger partial charge in [-0.25, -0.2) is 0 Å². The van der Waals surface area contributed by atoms with Gasteiger partial charge in [0.05, 0.1) is 18.6 Å². The summed E-state index contributed by atoms with van der Waals surface area (Å²) in [5.41, 5.74) is 2.35. The van der Waals surface area contributed by atoms with Crippen LogP contribution in [0.1, 0.15) is 37.8 Å². The molecule has 0 amide bonds. The summed E-state index contributed by atoms with van der Waals surface area (Å²) in [6, 6.07) is 12.7. The van der Waals surface area contributed by atoms with E-state index in [1.54, 1.807) is 0 Å². The summed E-state index contributed by atoms with van der Waals surface area (Å²) >= 11 is 37.7. The van der Waals surface area contributed by atoms with Crippen molar-refractivity contribution < 1.29 is 9.47 Å². The first-order valence-electron chi connectivity index (χ1n) is 12.8. The van der Waals surface area contributed by atoms with E-state index in [9.17, 15) is 0 Å². The van der Waals surface area contributed by atoms with E-state index in [0.29, 0.717) is 13.2 Å². The van der Waals surface area contributed by atoms with Gasteiger partial charge in [0.15, 0.2) is 0 Å². The molecule has 0 fully saturated rings. The van der Waals surface area contributed by atoms with Crippen LogP contribution in [0.4, 0.5) is 0 Å². The Balaban J connectivity index is 1.91. The zero-order valence-corrected chi connectivity index (χ0v) is 38.2. The molecule has 0 aliphatic carbocycles. The Kier molecular flexibility index (Phi) is 13.8. The average Bonchev–Trinajstić information content (AvgIpc) is 2.92. The zero-order valence-electron chi connectivity index (χ0n) is 22.4. The van der Waals surface area contributed by atoms with Crippen molar-refractivity contribution in [2.24, 2.45) is 0 Å². The lowest BCUT2D eigenvalue weighted by Gasteiger charge is -2.24. The van der Waals surface area contributed by atoms with Gasteiger partial charge in [-0.1, -0.05) is 160 Å². The fourth-order valence-corrected chi connectivity index (χ4v) is 9.24. The Morgan fingerprint density at radius 1 is 0.500 bits per heavy atom. The number of ether oxygens (including phenoxy) is 2. The summed E-state index contributed by atoms with van der Waals surface area (Å²) in [6.45, 7) is 7.47. The standard InChI is InChI=1S/C30H24Br10O2/c1-12(15-4-6-17(33)27-25(15)19(35)8-21(37)29(27)41-10-23(39)13(2)31)16-5-7-18(34)28-26(16)20(36)9-22(38)30(28)42-11-24(40)14(3)32/h4-9,12-14,23-24H,10-11H2,1-3H3. The Morgan fingerprint density at radius 2 is 0.857 bits per heavy atom. The van der Waals surface area contributed by atoms with Crippen molar-refractivity contribution in [1.82, 2.24) is 0 Å². The average molecular weight is 1220 g/mol. The van der Waals surface area contributed by atoms with E-state index in [0.717, 1.165) is 59.9 Å². The van der Waals surface area contributed by atoms with Crippen molar-refractivity contribution in [3.8, 4) is 11.5 Å². The highest BCUT2D eigenvalue weighted by Crippen LogP contribution is 2.49. The van der Waals surface area contributed by atoms with Gasteiger partial charge in [-0.05, 0) is 67.3 Å². The van der Waals surface area contributed by atoms with E-state index < -0.39 is 0 Å². The smallest absolute Gasteiger partial charge is 0.142 e. The Bertz CT molecular complexity index is 1500. The van der Waals surface area contributed by atoms with Crippen molar-refractivity contribution in [2.75, 3.05) is 13.2 Å². The summed E-state index contributed by atoms with van der Waals surface area (Å²) in [5.74, 6) is 1.64. The van der Waals surface area contributed by atoms with Crippen LogP contribution in [0.3, 0.4) is 0 Å². The van der Waals surface area contributed by atoms with E-state index in [4.69, 9.17) is 9.47 Å². The molecule has 0 saturated heterocycles. The summed E-state index contributed by atoms with van der Waals surface area (Å²) < 4.78 is 18.6. The molecule has 42 heavy (non-hydrogen) atoms. The largest absolute Gasteiger partial charge is 0.491 e. The number of halogens is 10. The van der Waals surface area contributed by atoms with Crippen LogP contribution in [-0.4, -0.2) is 32.5 Å². The molecule has 4 atom stereocenters. The second-order valence-corrected chi connectivity index (χ2v) is 20.2. The normalized spacial score (nSPS) is 15.5. The molecule has 2 nitrogen and oxygen atoms in total. The predicted molar refractivity (Wildman–Crippen MR) is 215 cm³/mol. The fraction of sp³-hybridized carbons (Fsp3) is 0.333. The second kappa shape index (κ2) is 15.8. The van der Waals surface area contributed by atoms with E-state index in [1.165, 1.54) is 11.1 Å². The molecule has 226 valence electrons. The van der Waals surface area contributed by atoms with Gasteiger partial charge in [-0.2, -0.15) is 0 Å². The van der Waals surface area contributed by atoms with Crippen LogP contribution in [0, 0.1) is 0 Å². The predicted octanol–water partition coefficient (Wildman–Crippen LogP) is 14.6. The van der Waals surface area contributed by atoms with Gasteiger partial charge < -0.3 is 9.47 Å². The number of benzene rings is 4. The minimum atomic E-state index is 0.0322. The van der Waals surface area contributed by atoms with Gasteiger partial charge in [0.1, 0.15) is 24.7 Å². The molecule has 0 aliphatic heterocycles. The van der Waals surface area contributed by atoms with E-state index in [-0.39, 0.29) is 25.2 Å². The molecular formula is C30H24Br10O2. The first-order valence-corrected chi connectivity index (χ1v) is 21.2. The van der Waals surface area contributed by atoms with Gasteiger partial charge in [0.25, 0.3) is 0 Å². The third-order valence-corrected chi connectivity index (χ3v) is 15.5. The maximum atomic E-state index is 6.43. The SMILES string of the molecule is CC(c1ccc(Br)c2c(OCC(Br)C(C)Br)c(Br)cc(Br)c12)c1ccc(Br)c2c(OCC(Br)C(C)Br)c(Br)cc(Br)c12. The monoisotopic (exact) mass is 1210 g/mol. The molecule has 0 saturated carbocycles. The third kappa shape index (κ3) is 7.91. The lowest BCUT2D eigenvalue weighted by molar-refractivity contribution is 0.320. The van der Waals surface area contributed by atoms with Crippen molar-refractivity contribution in [3.63, 3.8) is 0 Å². The van der Waals surface area contributed by atoms with Crippen LogP contribution in [0.25, 0.3) is 21.5 Å². The summed E-state index contributed by atoms with van der Waals surface area (Å²) in [6.07, 6.45) is 0. The van der Waals surface area contributed by atoms with Gasteiger partial charge >= 0.3 is 0 Å². The van der Waals surface area contributed by atoms with Crippen molar-refractivity contribution in [1.29, 1.82) is 0 Å². The molecule has 0 bridgehead atoms. The minimum absolute atomic E-state index is 0.0322. The van der Waals surface area contributed by atoms with Gasteiger partial charge in [-0.15, -0.1) is 0 Å². The molecule has 0 aliphatic rings. The molecule has 4 rings (SSSR count). The summed E-state index contributed by atoms with van der Waals surface area (Å²) in [4.78, 5) is 0.837. The summed E-state index contributed by atoms with van der Waals surface area (Å²) in [5, 5.41) is 4.23. The van der Waals surface area contributed by atoms with Crippen LogP contribution < -0.4 is 9.47 Å². The first-order chi connectivity index (χ1) is 19.7. The molecule has 4 aromatic carbocycles. The molecule has 0 heterocycles. The summed E-state index contributed by atoms with van der Waals surface area (Å²) in [7, 11) is 0. The van der Waals surface area contributed by atoms with E-state index in [1.807, 2.05) is 0 Å². The molecular weight excluding hydrogens is 1190 g/mol. The van der Waals surface area contributed by atoms with E-state index >= 15 is 0 Å². The highest BCUT2D eigenvalue weighted by Gasteiger charge is 2.25. The fourth-order valence-electron chi connectivity index (χ4n) is 4.64. The topological polar surface area (TPSA) is 18.5 Å². The maximum absolute atomic E-state index is 6.43. The number of hydrogen-bond acceptors (Lipinski definition) is 2.